The average molecular weight is 339 g/mol. The van der Waals surface area contributed by atoms with Crippen molar-refractivity contribution in [3.8, 4) is 0 Å². The first-order valence-electron chi connectivity index (χ1n) is 7.49. The first-order valence-corrected chi connectivity index (χ1v) is 7.49. The molecule has 2 saturated heterocycles. The predicted molar refractivity (Wildman–Crippen MR) is 73.9 cm³/mol. The summed E-state index contributed by atoms with van der Waals surface area (Å²) in [6.07, 6.45) is -11.8. The second-order valence-corrected chi connectivity index (χ2v) is 6.25. The van der Waals surface area contributed by atoms with Gasteiger partial charge in [0.1, 0.15) is 24.4 Å². The molecule has 2 fully saturated rings. The van der Waals surface area contributed by atoms with Crippen LogP contribution in [0.2, 0.25) is 0 Å². The Hall–Kier alpha value is -0.400. The van der Waals surface area contributed by atoms with E-state index in [4.69, 9.17) is 9.84 Å². The third kappa shape index (κ3) is 3.37. The summed E-state index contributed by atoms with van der Waals surface area (Å²) in [5, 5.41) is 81.2. The highest BCUT2D eigenvalue weighted by Gasteiger charge is 2.54. The Morgan fingerprint density at radius 2 is 1.57 bits per heavy atom. The highest BCUT2D eigenvalue weighted by molar-refractivity contribution is 5.05. The van der Waals surface area contributed by atoms with E-state index in [1.807, 2.05) is 0 Å². The van der Waals surface area contributed by atoms with Crippen molar-refractivity contribution in [1.82, 2.24) is 5.32 Å². The van der Waals surface area contributed by atoms with Gasteiger partial charge in [-0.3, -0.25) is 0 Å². The molecule has 136 valence electrons. The molecule has 0 amide bonds. The lowest BCUT2D eigenvalue weighted by Crippen LogP contribution is -2.69. The molecule has 10 nitrogen and oxygen atoms in total. The minimum Gasteiger partial charge on any atom is -0.394 e. The summed E-state index contributed by atoms with van der Waals surface area (Å²) in [5.74, 6) is -1.23. The van der Waals surface area contributed by atoms with Crippen molar-refractivity contribution < 1.29 is 45.6 Å². The number of hydrogen-bond acceptors (Lipinski definition) is 10. The summed E-state index contributed by atoms with van der Waals surface area (Å²) >= 11 is 0. The van der Waals surface area contributed by atoms with Gasteiger partial charge in [0.25, 0.3) is 0 Å². The van der Waals surface area contributed by atoms with Crippen LogP contribution in [0.15, 0.2) is 0 Å². The van der Waals surface area contributed by atoms with Gasteiger partial charge in [-0.05, 0) is 6.92 Å². The number of rotatable bonds is 4. The van der Waals surface area contributed by atoms with Gasteiger partial charge in [0.15, 0.2) is 6.29 Å². The van der Waals surface area contributed by atoms with Crippen LogP contribution in [0.25, 0.3) is 0 Å². The largest absolute Gasteiger partial charge is 0.394 e. The smallest absolute Gasteiger partial charge is 0.181 e. The number of aliphatic hydroxyl groups is 8. The van der Waals surface area contributed by atoms with Gasteiger partial charge in [-0.2, -0.15) is 0 Å². The van der Waals surface area contributed by atoms with E-state index in [2.05, 4.69) is 5.32 Å². The van der Waals surface area contributed by atoms with Crippen LogP contribution in [-0.2, 0) is 4.74 Å². The Balaban J connectivity index is 2.21. The Bertz CT molecular complexity index is 400. The molecule has 0 spiro atoms. The lowest BCUT2D eigenvalue weighted by molar-refractivity contribution is -0.153. The molecule has 0 aromatic heterocycles. The molecule has 0 aromatic carbocycles. The zero-order valence-corrected chi connectivity index (χ0v) is 12.5. The van der Waals surface area contributed by atoms with Gasteiger partial charge in [0, 0.05) is 12.0 Å². The maximum atomic E-state index is 10.5. The fourth-order valence-corrected chi connectivity index (χ4v) is 3.32. The Morgan fingerprint density at radius 3 is 2.13 bits per heavy atom. The van der Waals surface area contributed by atoms with E-state index in [1.165, 1.54) is 6.92 Å². The molecule has 0 radical (unpaired) electrons. The van der Waals surface area contributed by atoms with Gasteiger partial charge < -0.3 is 50.9 Å². The summed E-state index contributed by atoms with van der Waals surface area (Å²) in [7, 11) is 0. The normalized spacial score (nSPS) is 50.7. The Labute approximate surface area is 132 Å². The molecule has 2 rings (SSSR count). The van der Waals surface area contributed by atoms with Crippen LogP contribution in [0.3, 0.4) is 0 Å². The minimum absolute atomic E-state index is 0.654. The molecule has 6 unspecified atom stereocenters. The van der Waals surface area contributed by atoms with Crippen molar-refractivity contribution in [1.29, 1.82) is 0 Å². The molecular weight excluding hydrogens is 314 g/mol. The fraction of sp³-hybridized carbons (Fsp3) is 1.00. The minimum atomic E-state index is -1.67. The lowest BCUT2D eigenvalue weighted by atomic mass is 9.79. The molecule has 10 heteroatoms. The standard InChI is InChI=1S/C13H25NO9/c1-3-7(17)11(21)10(20)6(14-3)8(18)5-9(19)13(22)23-12(5)4(16)2-15/h3-22H,2H2,1H3/t3?,4?,5?,6-,7-,8-,9?,10?,11?,12-,13+/m0/s1. The Morgan fingerprint density at radius 1 is 0.957 bits per heavy atom. The lowest BCUT2D eigenvalue weighted by Gasteiger charge is -2.44. The summed E-state index contributed by atoms with van der Waals surface area (Å²) < 4.78 is 4.98. The van der Waals surface area contributed by atoms with E-state index in [1.54, 1.807) is 0 Å². The summed E-state index contributed by atoms with van der Waals surface area (Å²) in [6.45, 7) is 0.821. The highest BCUT2D eigenvalue weighted by Crippen LogP contribution is 2.34. The van der Waals surface area contributed by atoms with E-state index in [-0.39, 0.29) is 0 Å². The zero-order chi connectivity index (χ0) is 17.5. The molecule has 0 aliphatic carbocycles. The SMILES string of the molecule is CC1N[C@@H]([C@@H](O)C2C(O)[C@H](O)O[C@H]2C(O)CO)C(O)C(O)[C@H]1O. The molecule has 0 bridgehead atoms. The molecule has 11 atom stereocenters. The second kappa shape index (κ2) is 7.23. The van der Waals surface area contributed by atoms with Gasteiger partial charge in [0.05, 0.1) is 31.0 Å². The van der Waals surface area contributed by atoms with Gasteiger partial charge in [0.2, 0.25) is 0 Å². The fourth-order valence-electron chi connectivity index (χ4n) is 3.32. The molecule has 0 saturated carbocycles. The molecule has 2 aliphatic heterocycles. The van der Waals surface area contributed by atoms with Crippen LogP contribution >= 0.6 is 0 Å². The first kappa shape index (κ1) is 18.9. The van der Waals surface area contributed by atoms with Crippen molar-refractivity contribution >= 4 is 0 Å². The molecule has 23 heavy (non-hydrogen) atoms. The summed E-state index contributed by atoms with van der Waals surface area (Å²) in [6, 6.07) is -1.80. The van der Waals surface area contributed by atoms with E-state index >= 15 is 0 Å². The van der Waals surface area contributed by atoms with Crippen LogP contribution < -0.4 is 5.32 Å². The Kier molecular flexibility index (Phi) is 5.95. The van der Waals surface area contributed by atoms with Crippen LogP contribution in [0, 0.1) is 5.92 Å². The van der Waals surface area contributed by atoms with Gasteiger partial charge in [-0.15, -0.1) is 0 Å². The van der Waals surface area contributed by atoms with Crippen molar-refractivity contribution in [2.75, 3.05) is 6.61 Å². The van der Waals surface area contributed by atoms with Crippen molar-refractivity contribution in [2.45, 2.75) is 68.0 Å². The maximum absolute atomic E-state index is 10.5. The molecule has 9 N–H and O–H groups in total. The van der Waals surface area contributed by atoms with Crippen LogP contribution in [0.1, 0.15) is 6.92 Å². The van der Waals surface area contributed by atoms with Crippen molar-refractivity contribution in [3.05, 3.63) is 0 Å². The predicted octanol–water partition coefficient (Wildman–Crippen LogP) is -5.16. The van der Waals surface area contributed by atoms with E-state index in [0.29, 0.717) is 0 Å². The zero-order valence-electron chi connectivity index (χ0n) is 12.5. The molecule has 0 aromatic rings. The van der Waals surface area contributed by atoms with E-state index in [0.717, 1.165) is 0 Å². The number of aliphatic hydroxyl groups excluding tert-OH is 8. The van der Waals surface area contributed by atoms with E-state index < -0.39 is 73.6 Å². The van der Waals surface area contributed by atoms with Crippen molar-refractivity contribution in [2.24, 2.45) is 5.92 Å². The summed E-state index contributed by atoms with van der Waals surface area (Å²) in [5.41, 5.74) is 0. The van der Waals surface area contributed by atoms with Crippen molar-refractivity contribution in [3.63, 3.8) is 0 Å². The van der Waals surface area contributed by atoms with Gasteiger partial charge in [-0.1, -0.05) is 0 Å². The topological polar surface area (TPSA) is 183 Å². The van der Waals surface area contributed by atoms with E-state index in [9.17, 15) is 35.7 Å². The van der Waals surface area contributed by atoms with Gasteiger partial charge >= 0.3 is 0 Å². The highest BCUT2D eigenvalue weighted by atomic mass is 16.6. The molecular formula is C13H25NO9. The van der Waals surface area contributed by atoms with Crippen LogP contribution in [-0.4, -0.2) is 109 Å². The third-order valence-electron chi connectivity index (χ3n) is 4.73. The monoisotopic (exact) mass is 339 g/mol. The number of ether oxygens (including phenoxy) is 1. The number of nitrogens with one attached hydrogen (secondary N) is 1. The van der Waals surface area contributed by atoms with Gasteiger partial charge in [-0.25, -0.2) is 0 Å². The second-order valence-electron chi connectivity index (χ2n) is 6.25. The molecule has 2 heterocycles. The number of hydrogen-bond donors (Lipinski definition) is 9. The maximum Gasteiger partial charge on any atom is 0.181 e. The van der Waals surface area contributed by atoms with Crippen LogP contribution in [0.4, 0.5) is 0 Å². The summed E-state index contributed by atoms with van der Waals surface area (Å²) in [4.78, 5) is 0. The first-order chi connectivity index (χ1) is 10.7. The van der Waals surface area contributed by atoms with Crippen LogP contribution in [0.5, 0.6) is 0 Å². The third-order valence-corrected chi connectivity index (χ3v) is 4.73. The molecule has 2 aliphatic rings. The average Bonchev–Trinajstić information content (AvgIpc) is 2.83. The quantitative estimate of drug-likeness (QED) is 0.240. The number of piperidine rings is 1.